The molecule has 0 aliphatic heterocycles. The zero-order valence-corrected chi connectivity index (χ0v) is 14.8. The number of amides is 1. The minimum atomic E-state index is -3.91. The number of nitrogens with one attached hydrogen (secondary N) is 1. The van der Waals surface area contributed by atoms with Gasteiger partial charge < -0.3 is 15.2 Å². The summed E-state index contributed by atoms with van der Waals surface area (Å²) in [5.41, 5.74) is -0.859. The van der Waals surface area contributed by atoms with Crippen molar-refractivity contribution in [2.24, 2.45) is 5.14 Å². The van der Waals surface area contributed by atoms with Crippen LogP contribution in [0.25, 0.3) is 0 Å². The highest BCUT2D eigenvalue weighted by molar-refractivity contribution is 7.89. The van der Waals surface area contributed by atoms with Gasteiger partial charge in [0, 0.05) is 5.69 Å². The molecule has 138 valence electrons. The highest BCUT2D eigenvalue weighted by atomic mass is 32.2. The summed E-state index contributed by atoms with van der Waals surface area (Å²) in [5, 5.41) is 17.8. The van der Waals surface area contributed by atoms with Crippen molar-refractivity contribution in [2.45, 2.75) is 49.5 Å². The first kappa shape index (κ1) is 19.4. The molecular formula is C16H22N2O6S. The van der Waals surface area contributed by atoms with Gasteiger partial charge in [-0.15, -0.1) is 0 Å². The molecule has 0 radical (unpaired) electrons. The SMILES string of the molecule is Cc1ccc(NC(=O)COC(=O)C2(O)CCCCC2)cc1S(N)(=O)=O. The number of primary sulfonamides is 1. The van der Waals surface area contributed by atoms with Gasteiger partial charge in [-0.05, 0) is 50.3 Å². The lowest BCUT2D eigenvalue weighted by molar-refractivity contribution is -0.170. The minimum absolute atomic E-state index is 0.0983. The Bertz CT molecular complexity index is 769. The summed E-state index contributed by atoms with van der Waals surface area (Å²) in [6.07, 6.45) is 3.07. The summed E-state index contributed by atoms with van der Waals surface area (Å²) in [4.78, 5) is 23.8. The topological polar surface area (TPSA) is 136 Å². The van der Waals surface area contributed by atoms with Gasteiger partial charge in [0.15, 0.2) is 12.2 Å². The van der Waals surface area contributed by atoms with E-state index in [1.165, 1.54) is 18.2 Å². The molecule has 4 N–H and O–H groups in total. The van der Waals surface area contributed by atoms with E-state index in [1.807, 2.05) is 0 Å². The lowest BCUT2D eigenvalue weighted by Gasteiger charge is -2.29. The average Bonchev–Trinajstić information content (AvgIpc) is 2.54. The van der Waals surface area contributed by atoms with Crippen LogP contribution in [0.4, 0.5) is 5.69 Å². The fraction of sp³-hybridized carbons (Fsp3) is 0.500. The molecular weight excluding hydrogens is 348 g/mol. The van der Waals surface area contributed by atoms with Crippen LogP contribution in [0.1, 0.15) is 37.7 Å². The number of esters is 1. The third-order valence-electron chi connectivity index (χ3n) is 4.17. The van der Waals surface area contributed by atoms with Crippen LogP contribution in [0.3, 0.4) is 0 Å². The molecule has 1 aromatic carbocycles. The number of carbonyl (C=O) groups excluding carboxylic acids is 2. The molecule has 0 bridgehead atoms. The Morgan fingerprint density at radius 2 is 1.92 bits per heavy atom. The number of ether oxygens (including phenoxy) is 1. The number of nitrogens with two attached hydrogens (primary N) is 1. The summed E-state index contributed by atoms with van der Waals surface area (Å²) in [7, 11) is -3.91. The second kappa shape index (κ2) is 7.51. The molecule has 0 saturated heterocycles. The van der Waals surface area contributed by atoms with E-state index in [4.69, 9.17) is 9.88 Å². The van der Waals surface area contributed by atoms with E-state index < -0.39 is 34.1 Å². The number of aliphatic hydroxyl groups is 1. The molecule has 1 aliphatic carbocycles. The maximum atomic E-state index is 12.0. The third kappa shape index (κ3) is 5.00. The smallest absolute Gasteiger partial charge is 0.338 e. The molecule has 1 aromatic rings. The van der Waals surface area contributed by atoms with Crippen LogP contribution in [-0.2, 0) is 24.3 Å². The number of sulfonamides is 1. The third-order valence-corrected chi connectivity index (χ3v) is 5.23. The van der Waals surface area contributed by atoms with Crippen LogP contribution < -0.4 is 10.5 Å². The standard InChI is InChI=1S/C16H22N2O6S/c1-11-5-6-12(9-13(11)25(17,22)23)18-14(19)10-24-15(20)16(21)7-3-2-4-8-16/h5-6,9,21H,2-4,7-8,10H2,1H3,(H,18,19)(H2,17,22,23). The van der Waals surface area contributed by atoms with Gasteiger partial charge in [0.25, 0.3) is 5.91 Å². The molecule has 25 heavy (non-hydrogen) atoms. The zero-order valence-electron chi connectivity index (χ0n) is 13.9. The average molecular weight is 370 g/mol. The first-order chi connectivity index (χ1) is 11.6. The van der Waals surface area contributed by atoms with Crippen LogP contribution in [-0.4, -0.2) is 37.6 Å². The summed E-state index contributed by atoms with van der Waals surface area (Å²) in [6, 6.07) is 4.25. The summed E-state index contributed by atoms with van der Waals surface area (Å²) in [6.45, 7) is 1.01. The Balaban J connectivity index is 1.95. The van der Waals surface area contributed by atoms with E-state index >= 15 is 0 Å². The monoisotopic (exact) mass is 370 g/mol. The van der Waals surface area contributed by atoms with Crippen LogP contribution >= 0.6 is 0 Å². The van der Waals surface area contributed by atoms with Crippen LogP contribution in [0.2, 0.25) is 0 Å². The number of hydrogen-bond donors (Lipinski definition) is 3. The molecule has 0 aromatic heterocycles. The summed E-state index contributed by atoms with van der Waals surface area (Å²) < 4.78 is 27.9. The van der Waals surface area contributed by atoms with Crippen molar-refractivity contribution in [1.29, 1.82) is 0 Å². The molecule has 9 heteroatoms. The maximum Gasteiger partial charge on any atom is 0.338 e. The Morgan fingerprint density at radius 1 is 1.28 bits per heavy atom. The highest BCUT2D eigenvalue weighted by Gasteiger charge is 2.38. The molecule has 0 spiro atoms. The van der Waals surface area contributed by atoms with Crippen molar-refractivity contribution in [3.8, 4) is 0 Å². The number of rotatable bonds is 5. The molecule has 0 atom stereocenters. The quantitative estimate of drug-likeness (QED) is 0.657. The van der Waals surface area contributed by atoms with Crippen molar-refractivity contribution in [2.75, 3.05) is 11.9 Å². The van der Waals surface area contributed by atoms with Gasteiger partial charge in [-0.3, -0.25) is 4.79 Å². The molecule has 8 nitrogen and oxygen atoms in total. The van der Waals surface area contributed by atoms with Crippen molar-refractivity contribution in [3.05, 3.63) is 23.8 Å². The van der Waals surface area contributed by atoms with Crippen LogP contribution in [0, 0.1) is 6.92 Å². The lowest BCUT2D eigenvalue weighted by atomic mass is 9.85. The van der Waals surface area contributed by atoms with Crippen molar-refractivity contribution >= 4 is 27.6 Å². The predicted octanol–water partition coefficient (Wildman–Crippen LogP) is 0.819. The van der Waals surface area contributed by atoms with Crippen LogP contribution in [0.5, 0.6) is 0 Å². The van der Waals surface area contributed by atoms with E-state index in [-0.39, 0.29) is 10.6 Å². The zero-order chi connectivity index (χ0) is 18.7. The van der Waals surface area contributed by atoms with E-state index in [2.05, 4.69) is 5.32 Å². The maximum absolute atomic E-state index is 12.0. The Labute approximate surface area is 146 Å². The summed E-state index contributed by atoms with van der Waals surface area (Å²) >= 11 is 0. The van der Waals surface area contributed by atoms with Crippen molar-refractivity contribution in [3.63, 3.8) is 0 Å². The first-order valence-electron chi connectivity index (χ1n) is 7.95. The Morgan fingerprint density at radius 3 is 2.52 bits per heavy atom. The normalized spacial score (nSPS) is 16.9. The molecule has 2 rings (SSSR count). The highest BCUT2D eigenvalue weighted by Crippen LogP contribution is 2.29. The fourth-order valence-electron chi connectivity index (χ4n) is 2.79. The Kier molecular flexibility index (Phi) is 5.81. The molecule has 1 saturated carbocycles. The number of carbonyl (C=O) groups is 2. The summed E-state index contributed by atoms with van der Waals surface area (Å²) in [5.74, 6) is -1.45. The van der Waals surface area contributed by atoms with E-state index in [9.17, 15) is 23.1 Å². The molecule has 1 aliphatic rings. The van der Waals surface area contributed by atoms with Crippen LogP contribution in [0.15, 0.2) is 23.1 Å². The predicted molar refractivity (Wildman–Crippen MR) is 90.2 cm³/mol. The van der Waals surface area contributed by atoms with Gasteiger partial charge in [-0.25, -0.2) is 18.4 Å². The fourth-order valence-corrected chi connectivity index (χ4v) is 3.60. The molecule has 0 heterocycles. The van der Waals surface area contributed by atoms with Crippen molar-refractivity contribution in [1.82, 2.24) is 0 Å². The lowest BCUT2D eigenvalue weighted by Crippen LogP contribution is -2.42. The van der Waals surface area contributed by atoms with Gasteiger partial charge in [0.05, 0.1) is 4.90 Å². The number of hydrogen-bond acceptors (Lipinski definition) is 6. The largest absolute Gasteiger partial charge is 0.453 e. The van der Waals surface area contributed by atoms with Gasteiger partial charge >= 0.3 is 5.97 Å². The number of benzene rings is 1. The van der Waals surface area contributed by atoms with Gasteiger partial charge in [0.2, 0.25) is 10.0 Å². The molecule has 1 amide bonds. The van der Waals surface area contributed by atoms with E-state index in [0.717, 1.165) is 19.3 Å². The minimum Gasteiger partial charge on any atom is -0.453 e. The van der Waals surface area contributed by atoms with E-state index in [0.29, 0.717) is 18.4 Å². The van der Waals surface area contributed by atoms with Crippen molar-refractivity contribution < 1.29 is 27.9 Å². The van der Waals surface area contributed by atoms with E-state index in [1.54, 1.807) is 6.92 Å². The molecule has 1 fully saturated rings. The number of anilines is 1. The second-order valence-electron chi connectivity index (χ2n) is 6.24. The second-order valence-corrected chi connectivity index (χ2v) is 7.77. The number of aryl methyl sites for hydroxylation is 1. The van der Waals surface area contributed by atoms with Gasteiger partial charge in [-0.1, -0.05) is 12.5 Å². The molecule has 0 unspecified atom stereocenters. The van der Waals surface area contributed by atoms with Gasteiger partial charge in [0.1, 0.15) is 0 Å². The first-order valence-corrected chi connectivity index (χ1v) is 9.49. The Hall–Kier alpha value is -1.97. The van der Waals surface area contributed by atoms with Gasteiger partial charge in [-0.2, -0.15) is 0 Å².